The Morgan fingerprint density at radius 2 is 1.61 bits per heavy atom. The molecule has 2 aromatic carbocycles. The van der Waals surface area contributed by atoms with Gasteiger partial charge in [-0.3, -0.25) is 0 Å². The number of benzene rings is 2. The third-order valence-electron chi connectivity index (χ3n) is 6.02. The lowest BCUT2D eigenvalue weighted by Crippen LogP contribution is -2.13. The van der Waals surface area contributed by atoms with E-state index in [2.05, 4.69) is 50.0 Å². The van der Waals surface area contributed by atoms with Crippen LogP contribution >= 0.6 is 0 Å². The Morgan fingerprint density at radius 3 is 2.25 bits per heavy atom. The van der Waals surface area contributed by atoms with Gasteiger partial charge in [-0.1, -0.05) is 75.6 Å². The maximum absolute atomic E-state index is 14.2. The molecule has 0 saturated heterocycles. The third kappa shape index (κ3) is 5.71. The highest BCUT2D eigenvalue weighted by Gasteiger charge is 2.19. The van der Waals surface area contributed by atoms with E-state index in [0.717, 1.165) is 41.0 Å². The van der Waals surface area contributed by atoms with E-state index in [4.69, 9.17) is 0 Å². The summed E-state index contributed by atoms with van der Waals surface area (Å²) < 4.78 is 14.2. The molecule has 0 radical (unpaired) electrons. The van der Waals surface area contributed by atoms with Crippen LogP contribution in [0.5, 0.6) is 0 Å². The second kappa shape index (κ2) is 10.5. The van der Waals surface area contributed by atoms with Gasteiger partial charge in [0.2, 0.25) is 0 Å². The van der Waals surface area contributed by atoms with Crippen molar-refractivity contribution in [1.82, 2.24) is 0 Å². The van der Waals surface area contributed by atoms with Crippen molar-refractivity contribution in [2.45, 2.75) is 71.6 Å². The minimum atomic E-state index is -0.0993. The molecule has 1 saturated carbocycles. The number of rotatable bonds is 6. The lowest BCUT2D eigenvalue weighted by atomic mass is 9.80. The molecule has 1 fully saturated rings. The smallest absolute Gasteiger partial charge is 0.127 e. The Balaban J connectivity index is 1.58. The molecule has 0 heterocycles. The largest absolute Gasteiger partial charge is 0.207 e. The first-order valence-electron chi connectivity index (χ1n) is 11.1. The summed E-state index contributed by atoms with van der Waals surface area (Å²) in [6.07, 6.45) is 11.0. The lowest BCUT2D eigenvalue weighted by Gasteiger charge is -2.25. The molecule has 0 aliphatic heterocycles. The molecule has 148 valence electrons. The first-order valence-corrected chi connectivity index (χ1v) is 11.1. The second-order valence-corrected chi connectivity index (χ2v) is 8.26. The fourth-order valence-electron chi connectivity index (χ4n) is 4.22. The van der Waals surface area contributed by atoms with Gasteiger partial charge >= 0.3 is 0 Å². The quantitative estimate of drug-likeness (QED) is 0.451. The summed E-state index contributed by atoms with van der Waals surface area (Å²) in [5.74, 6) is 8.24. The van der Waals surface area contributed by atoms with Gasteiger partial charge in [0.15, 0.2) is 0 Å². The van der Waals surface area contributed by atoms with Crippen LogP contribution in [-0.2, 0) is 6.42 Å². The first kappa shape index (κ1) is 20.7. The zero-order valence-electron chi connectivity index (χ0n) is 17.4. The van der Waals surface area contributed by atoms with Crippen LogP contribution in [0.15, 0.2) is 42.5 Å². The summed E-state index contributed by atoms with van der Waals surface area (Å²) in [5, 5.41) is 0. The molecule has 1 aliphatic carbocycles. The average molecular weight is 377 g/mol. The van der Waals surface area contributed by atoms with Crippen LogP contribution in [0.4, 0.5) is 4.39 Å². The SMILES string of the molecule is CCCCC1CCC(C#Cc2ccc(-c3ccc(CCC)c(F)c3)cc2)CC1. The molecule has 0 amide bonds. The van der Waals surface area contributed by atoms with E-state index in [1.54, 1.807) is 6.07 Å². The van der Waals surface area contributed by atoms with E-state index < -0.39 is 0 Å². The number of aryl methyl sites for hydroxylation is 1. The molecule has 3 rings (SSSR count). The van der Waals surface area contributed by atoms with Crippen molar-refractivity contribution in [3.63, 3.8) is 0 Å². The Bertz CT molecular complexity index is 798. The van der Waals surface area contributed by atoms with Crippen LogP contribution in [-0.4, -0.2) is 0 Å². The molecule has 1 heteroatoms. The van der Waals surface area contributed by atoms with Gasteiger partial charge in [0.1, 0.15) is 5.82 Å². The number of hydrogen-bond donors (Lipinski definition) is 0. The molecule has 0 nitrogen and oxygen atoms in total. The Hall–Kier alpha value is -2.07. The first-order chi connectivity index (χ1) is 13.7. The van der Waals surface area contributed by atoms with E-state index in [9.17, 15) is 4.39 Å². The summed E-state index contributed by atoms with van der Waals surface area (Å²) in [4.78, 5) is 0. The van der Waals surface area contributed by atoms with Crippen LogP contribution < -0.4 is 0 Å². The molecular formula is C27H33F. The highest BCUT2D eigenvalue weighted by Crippen LogP contribution is 2.31. The van der Waals surface area contributed by atoms with Gasteiger partial charge in [0.25, 0.3) is 0 Å². The monoisotopic (exact) mass is 376 g/mol. The molecule has 0 spiro atoms. The topological polar surface area (TPSA) is 0 Å². The highest BCUT2D eigenvalue weighted by molar-refractivity contribution is 5.65. The summed E-state index contributed by atoms with van der Waals surface area (Å²) in [6.45, 7) is 4.35. The maximum atomic E-state index is 14.2. The van der Waals surface area contributed by atoms with Gasteiger partial charge in [0.05, 0.1) is 0 Å². The fraction of sp³-hybridized carbons (Fsp3) is 0.481. The normalized spacial score (nSPS) is 19.1. The molecule has 0 unspecified atom stereocenters. The van der Waals surface area contributed by atoms with Gasteiger partial charge < -0.3 is 0 Å². The molecular weight excluding hydrogens is 343 g/mol. The zero-order chi connectivity index (χ0) is 19.8. The van der Waals surface area contributed by atoms with Gasteiger partial charge in [-0.15, -0.1) is 0 Å². The molecule has 1 aliphatic rings. The fourth-order valence-corrected chi connectivity index (χ4v) is 4.22. The highest BCUT2D eigenvalue weighted by atomic mass is 19.1. The summed E-state index contributed by atoms with van der Waals surface area (Å²) in [6, 6.07) is 13.8. The minimum absolute atomic E-state index is 0.0993. The lowest BCUT2D eigenvalue weighted by molar-refractivity contribution is 0.296. The van der Waals surface area contributed by atoms with E-state index in [1.807, 2.05) is 12.1 Å². The molecule has 0 N–H and O–H groups in total. The van der Waals surface area contributed by atoms with E-state index in [-0.39, 0.29) is 5.82 Å². The summed E-state index contributed by atoms with van der Waals surface area (Å²) in [7, 11) is 0. The Morgan fingerprint density at radius 1 is 0.893 bits per heavy atom. The average Bonchev–Trinajstić information content (AvgIpc) is 2.73. The van der Waals surface area contributed by atoms with Gasteiger partial charge in [-0.2, -0.15) is 0 Å². The molecule has 0 bridgehead atoms. The zero-order valence-corrected chi connectivity index (χ0v) is 17.4. The number of halogens is 1. The predicted molar refractivity (Wildman–Crippen MR) is 118 cm³/mol. The van der Waals surface area contributed by atoms with Crippen molar-refractivity contribution in [3.8, 4) is 23.0 Å². The second-order valence-electron chi connectivity index (χ2n) is 8.26. The van der Waals surface area contributed by atoms with Gasteiger partial charge in [-0.25, -0.2) is 4.39 Å². The van der Waals surface area contributed by atoms with Crippen LogP contribution in [0, 0.1) is 29.5 Å². The van der Waals surface area contributed by atoms with Crippen molar-refractivity contribution < 1.29 is 4.39 Å². The van der Waals surface area contributed by atoms with Crippen LogP contribution in [0.25, 0.3) is 11.1 Å². The maximum Gasteiger partial charge on any atom is 0.127 e. The van der Waals surface area contributed by atoms with Gasteiger partial charge in [-0.05, 0) is 72.9 Å². The minimum Gasteiger partial charge on any atom is -0.207 e. The molecule has 2 aromatic rings. The van der Waals surface area contributed by atoms with Crippen LogP contribution in [0.3, 0.4) is 0 Å². The van der Waals surface area contributed by atoms with Crippen molar-refractivity contribution >= 4 is 0 Å². The molecule has 0 atom stereocenters. The number of unbranched alkanes of at least 4 members (excludes halogenated alkanes) is 1. The van der Waals surface area contributed by atoms with Crippen LogP contribution in [0.2, 0.25) is 0 Å². The van der Waals surface area contributed by atoms with Crippen LogP contribution in [0.1, 0.15) is 76.3 Å². The summed E-state index contributed by atoms with van der Waals surface area (Å²) >= 11 is 0. The molecule has 28 heavy (non-hydrogen) atoms. The van der Waals surface area contributed by atoms with E-state index in [0.29, 0.717) is 5.92 Å². The Labute approximate surface area is 170 Å². The van der Waals surface area contributed by atoms with Crippen molar-refractivity contribution in [2.24, 2.45) is 11.8 Å². The van der Waals surface area contributed by atoms with E-state index in [1.165, 1.54) is 44.9 Å². The van der Waals surface area contributed by atoms with Crippen molar-refractivity contribution in [3.05, 3.63) is 59.4 Å². The summed E-state index contributed by atoms with van der Waals surface area (Å²) in [5.41, 5.74) is 3.84. The van der Waals surface area contributed by atoms with Gasteiger partial charge in [0, 0.05) is 11.5 Å². The van der Waals surface area contributed by atoms with Crippen molar-refractivity contribution in [1.29, 1.82) is 0 Å². The molecule has 0 aromatic heterocycles. The standard InChI is InChI=1S/C27H33F/c1-3-5-7-21-8-10-22(11-9-21)12-13-23-14-16-24(17-15-23)26-19-18-25(6-4-2)27(28)20-26/h14-22H,3-11H2,1-2H3. The Kier molecular flexibility index (Phi) is 7.72. The number of hydrogen-bond acceptors (Lipinski definition) is 0. The third-order valence-corrected chi connectivity index (χ3v) is 6.02. The van der Waals surface area contributed by atoms with Crippen molar-refractivity contribution in [2.75, 3.05) is 0 Å². The van der Waals surface area contributed by atoms with E-state index >= 15 is 0 Å². The predicted octanol–water partition coefficient (Wildman–Crippen LogP) is 7.79.